The van der Waals surface area contributed by atoms with Gasteiger partial charge in [-0.3, -0.25) is 23.4 Å². The van der Waals surface area contributed by atoms with E-state index >= 15 is 0 Å². The summed E-state index contributed by atoms with van der Waals surface area (Å²) in [6, 6.07) is 24.4. The van der Waals surface area contributed by atoms with Crippen LogP contribution in [0.5, 0.6) is 11.5 Å². The van der Waals surface area contributed by atoms with Crippen molar-refractivity contribution in [2.45, 2.75) is 20.0 Å². The summed E-state index contributed by atoms with van der Waals surface area (Å²) in [5.41, 5.74) is 0.0211. The SMILES string of the molecule is C[C@@H](Cn1c(=O)cc(Nc2ccc(Oc3ccccc3)cc2)n(Cc2ccc(Cl)cc2)c1=O)C(=O)NS(C)(=O)=O. The molecule has 10 nitrogen and oxygen atoms in total. The summed E-state index contributed by atoms with van der Waals surface area (Å²) in [5.74, 6) is -0.278. The first-order chi connectivity index (χ1) is 19.0. The molecule has 12 heteroatoms. The van der Waals surface area contributed by atoms with Crippen LogP contribution in [0.4, 0.5) is 11.5 Å². The van der Waals surface area contributed by atoms with E-state index in [4.69, 9.17) is 16.3 Å². The minimum atomic E-state index is -3.80. The molecule has 0 spiro atoms. The fraction of sp³-hybridized carbons (Fsp3) is 0.179. The van der Waals surface area contributed by atoms with E-state index in [0.29, 0.717) is 22.2 Å². The number of carbonyl (C=O) groups is 1. The maximum atomic E-state index is 13.6. The number of sulfonamides is 1. The molecule has 3 aromatic carbocycles. The van der Waals surface area contributed by atoms with Crippen LogP contribution in [0.25, 0.3) is 0 Å². The molecular formula is C28H27ClN4O6S. The molecule has 0 aliphatic carbocycles. The zero-order valence-corrected chi connectivity index (χ0v) is 23.3. The summed E-state index contributed by atoms with van der Waals surface area (Å²) in [6.07, 6.45) is 0.851. The predicted octanol–water partition coefficient (Wildman–Crippen LogP) is 3.96. The Morgan fingerprint density at radius 3 is 2.17 bits per heavy atom. The molecule has 1 aromatic heterocycles. The van der Waals surface area contributed by atoms with Crippen molar-refractivity contribution in [3.63, 3.8) is 0 Å². The lowest BCUT2D eigenvalue weighted by atomic mass is 10.1. The van der Waals surface area contributed by atoms with Gasteiger partial charge in [0.2, 0.25) is 15.9 Å². The monoisotopic (exact) mass is 582 g/mol. The van der Waals surface area contributed by atoms with Crippen LogP contribution in [0, 0.1) is 5.92 Å². The van der Waals surface area contributed by atoms with Gasteiger partial charge in [0.05, 0.1) is 18.7 Å². The second-order valence-electron chi connectivity index (χ2n) is 9.18. The molecule has 1 amide bonds. The van der Waals surface area contributed by atoms with Gasteiger partial charge in [-0.05, 0) is 54.1 Å². The Balaban J connectivity index is 1.65. The number of hydrogen-bond donors (Lipinski definition) is 2. The van der Waals surface area contributed by atoms with Gasteiger partial charge in [0.1, 0.15) is 17.3 Å². The van der Waals surface area contributed by atoms with Crippen molar-refractivity contribution < 1.29 is 17.9 Å². The molecule has 1 atom stereocenters. The van der Waals surface area contributed by atoms with Gasteiger partial charge in [-0.1, -0.05) is 48.9 Å². The molecule has 2 N–H and O–H groups in total. The van der Waals surface area contributed by atoms with Gasteiger partial charge in [-0.25, -0.2) is 13.2 Å². The molecule has 0 saturated carbocycles. The van der Waals surface area contributed by atoms with E-state index in [0.717, 1.165) is 16.4 Å². The van der Waals surface area contributed by atoms with E-state index in [9.17, 15) is 22.8 Å². The van der Waals surface area contributed by atoms with E-state index in [2.05, 4.69) is 5.32 Å². The van der Waals surface area contributed by atoms with Gasteiger partial charge in [-0.2, -0.15) is 0 Å². The number of amides is 1. The Morgan fingerprint density at radius 1 is 0.925 bits per heavy atom. The highest BCUT2D eigenvalue weighted by molar-refractivity contribution is 7.89. The topological polar surface area (TPSA) is 128 Å². The Hall–Kier alpha value is -4.35. The van der Waals surface area contributed by atoms with Crippen LogP contribution in [0.3, 0.4) is 0 Å². The molecule has 0 fully saturated rings. The molecular weight excluding hydrogens is 556 g/mol. The summed E-state index contributed by atoms with van der Waals surface area (Å²) < 4.78 is 32.9. The molecule has 0 aliphatic rings. The third-order valence-electron chi connectivity index (χ3n) is 5.83. The Bertz CT molecular complexity index is 1720. The molecule has 208 valence electrons. The van der Waals surface area contributed by atoms with Crippen molar-refractivity contribution in [1.82, 2.24) is 13.9 Å². The van der Waals surface area contributed by atoms with Crippen LogP contribution in [0.2, 0.25) is 5.02 Å². The second-order valence-corrected chi connectivity index (χ2v) is 11.4. The fourth-order valence-electron chi connectivity index (χ4n) is 3.83. The minimum Gasteiger partial charge on any atom is -0.457 e. The van der Waals surface area contributed by atoms with Crippen LogP contribution in [0.15, 0.2) is 94.5 Å². The first-order valence-corrected chi connectivity index (χ1v) is 14.5. The van der Waals surface area contributed by atoms with Gasteiger partial charge < -0.3 is 10.1 Å². The number of anilines is 2. The van der Waals surface area contributed by atoms with Crippen molar-refractivity contribution >= 4 is 39.0 Å². The molecule has 0 saturated heterocycles. The van der Waals surface area contributed by atoms with Crippen LogP contribution in [-0.2, 0) is 27.9 Å². The average Bonchev–Trinajstić information content (AvgIpc) is 2.90. The number of ether oxygens (including phenoxy) is 1. The predicted molar refractivity (Wildman–Crippen MR) is 154 cm³/mol. The third kappa shape index (κ3) is 7.61. The van der Waals surface area contributed by atoms with Crippen LogP contribution in [0.1, 0.15) is 12.5 Å². The largest absolute Gasteiger partial charge is 0.457 e. The summed E-state index contributed by atoms with van der Waals surface area (Å²) in [4.78, 5) is 38.9. The van der Waals surface area contributed by atoms with Gasteiger partial charge >= 0.3 is 5.69 Å². The molecule has 4 rings (SSSR count). The van der Waals surface area contributed by atoms with Crippen molar-refractivity contribution in [2.24, 2.45) is 5.92 Å². The molecule has 0 bridgehead atoms. The lowest BCUT2D eigenvalue weighted by Gasteiger charge is -2.18. The maximum Gasteiger partial charge on any atom is 0.332 e. The minimum absolute atomic E-state index is 0.0950. The Labute approximate surface area is 235 Å². The zero-order valence-electron chi connectivity index (χ0n) is 21.7. The smallest absolute Gasteiger partial charge is 0.332 e. The number of benzene rings is 3. The lowest BCUT2D eigenvalue weighted by Crippen LogP contribution is -2.44. The van der Waals surface area contributed by atoms with E-state index in [1.165, 1.54) is 17.6 Å². The number of rotatable bonds is 10. The second kappa shape index (κ2) is 12.2. The van der Waals surface area contributed by atoms with Crippen molar-refractivity contribution in [3.05, 3.63) is 116 Å². The summed E-state index contributed by atoms with van der Waals surface area (Å²) >= 11 is 6.01. The van der Waals surface area contributed by atoms with Gasteiger partial charge in [0.25, 0.3) is 5.56 Å². The van der Waals surface area contributed by atoms with Crippen LogP contribution >= 0.6 is 11.6 Å². The first kappa shape index (κ1) is 28.7. The quantitative estimate of drug-likeness (QED) is 0.290. The zero-order chi connectivity index (χ0) is 28.9. The van der Waals surface area contributed by atoms with Gasteiger partial charge in [-0.15, -0.1) is 0 Å². The van der Waals surface area contributed by atoms with Crippen molar-refractivity contribution in [3.8, 4) is 11.5 Å². The van der Waals surface area contributed by atoms with E-state index < -0.39 is 33.1 Å². The Kier molecular flexibility index (Phi) is 8.76. The fourth-order valence-corrected chi connectivity index (χ4v) is 4.52. The number of aromatic nitrogens is 2. The molecule has 1 heterocycles. The first-order valence-electron chi connectivity index (χ1n) is 12.2. The Morgan fingerprint density at radius 2 is 1.55 bits per heavy atom. The van der Waals surface area contributed by atoms with Crippen LogP contribution in [-0.4, -0.2) is 29.7 Å². The van der Waals surface area contributed by atoms with Crippen LogP contribution < -0.4 is 26.0 Å². The average molecular weight is 583 g/mol. The van der Waals surface area contributed by atoms with E-state index in [1.54, 1.807) is 48.5 Å². The molecule has 0 radical (unpaired) electrons. The number of para-hydroxylation sites is 1. The highest BCUT2D eigenvalue weighted by Crippen LogP contribution is 2.24. The summed E-state index contributed by atoms with van der Waals surface area (Å²) in [7, 11) is -3.80. The van der Waals surface area contributed by atoms with Crippen molar-refractivity contribution in [2.75, 3.05) is 11.6 Å². The number of halogens is 1. The van der Waals surface area contributed by atoms with Crippen molar-refractivity contribution in [1.29, 1.82) is 0 Å². The maximum absolute atomic E-state index is 13.6. The third-order valence-corrected chi connectivity index (χ3v) is 6.65. The molecule has 0 aliphatic heterocycles. The number of hydrogen-bond acceptors (Lipinski definition) is 7. The normalized spacial score (nSPS) is 12.0. The summed E-state index contributed by atoms with van der Waals surface area (Å²) in [5, 5.41) is 3.65. The molecule has 4 aromatic rings. The van der Waals surface area contributed by atoms with Gasteiger partial charge in [0.15, 0.2) is 0 Å². The van der Waals surface area contributed by atoms with E-state index in [-0.39, 0.29) is 18.9 Å². The highest BCUT2D eigenvalue weighted by atomic mass is 35.5. The standard InChI is InChI=1S/C28H27ClN4O6S/c1-19(27(35)31-40(2,37)38)17-33-26(34)16-25(32(28(33)36)18-20-8-10-21(29)11-9-20)30-22-12-14-24(15-13-22)39-23-6-4-3-5-7-23/h3-16,19,30H,17-18H2,1-2H3,(H,31,35)/t19-/m0/s1. The van der Waals surface area contributed by atoms with Gasteiger partial charge in [0, 0.05) is 23.3 Å². The lowest BCUT2D eigenvalue weighted by molar-refractivity contribution is -0.123. The molecule has 40 heavy (non-hydrogen) atoms. The molecule has 0 unspecified atom stereocenters. The summed E-state index contributed by atoms with van der Waals surface area (Å²) in [6.45, 7) is 1.21. The van der Waals surface area contributed by atoms with E-state index in [1.807, 2.05) is 35.1 Å². The number of nitrogens with zero attached hydrogens (tertiary/aromatic N) is 2. The highest BCUT2D eigenvalue weighted by Gasteiger charge is 2.21. The number of carbonyl (C=O) groups excluding carboxylic acids is 1. The number of nitrogens with one attached hydrogen (secondary N) is 2.